The lowest BCUT2D eigenvalue weighted by Crippen LogP contribution is -2.35. The van der Waals surface area contributed by atoms with Crippen molar-refractivity contribution in [3.05, 3.63) is 0 Å². The molecular weight excluding hydrogens is 194 g/mol. The Balaban J connectivity index is 3.36. The highest BCUT2D eigenvalue weighted by atomic mass is 16.5. The summed E-state index contributed by atoms with van der Waals surface area (Å²) in [6.07, 6.45) is 0. The third-order valence-corrected chi connectivity index (χ3v) is 1.86. The summed E-state index contributed by atoms with van der Waals surface area (Å²) in [4.78, 5) is 0. The molecule has 0 rings (SSSR count). The van der Waals surface area contributed by atoms with Crippen LogP contribution < -0.4 is 5.32 Å². The first-order chi connectivity index (χ1) is 6.99. The molecule has 1 unspecified atom stereocenters. The van der Waals surface area contributed by atoms with Gasteiger partial charge >= 0.3 is 0 Å². The third kappa shape index (κ3) is 10.1. The third-order valence-electron chi connectivity index (χ3n) is 1.86. The minimum atomic E-state index is -0.0850. The SMILES string of the molecule is CNC(COC)COCCOC(C)(C)C. The minimum absolute atomic E-state index is 0.0850. The molecule has 0 bridgehead atoms. The number of methoxy groups -OCH3 is 1. The van der Waals surface area contributed by atoms with Gasteiger partial charge < -0.3 is 19.5 Å². The van der Waals surface area contributed by atoms with E-state index in [1.165, 1.54) is 0 Å². The highest BCUT2D eigenvalue weighted by molar-refractivity contribution is 4.62. The van der Waals surface area contributed by atoms with Gasteiger partial charge in [0.1, 0.15) is 0 Å². The molecule has 0 fully saturated rings. The number of rotatable bonds is 8. The first-order valence-corrected chi connectivity index (χ1v) is 5.37. The van der Waals surface area contributed by atoms with E-state index in [4.69, 9.17) is 14.2 Å². The Morgan fingerprint density at radius 1 is 1.13 bits per heavy atom. The van der Waals surface area contributed by atoms with Crippen LogP contribution in [0.2, 0.25) is 0 Å². The van der Waals surface area contributed by atoms with Crippen LogP contribution in [0.4, 0.5) is 0 Å². The van der Waals surface area contributed by atoms with Crippen LogP contribution in [0.3, 0.4) is 0 Å². The van der Waals surface area contributed by atoms with Gasteiger partial charge in [0.2, 0.25) is 0 Å². The van der Waals surface area contributed by atoms with Gasteiger partial charge in [0.15, 0.2) is 0 Å². The van der Waals surface area contributed by atoms with Crippen molar-refractivity contribution in [3.8, 4) is 0 Å². The molecule has 1 N–H and O–H groups in total. The van der Waals surface area contributed by atoms with Crippen molar-refractivity contribution < 1.29 is 14.2 Å². The predicted molar refractivity (Wildman–Crippen MR) is 61.2 cm³/mol. The molecule has 0 saturated carbocycles. The summed E-state index contributed by atoms with van der Waals surface area (Å²) >= 11 is 0. The lowest BCUT2D eigenvalue weighted by molar-refractivity contribution is -0.0393. The van der Waals surface area contributed by atoms with Gasteiger partial charge in [-0.3, -0.25) is 0 Å². The lowest BCUT2D eigenvalue weighted by atomic mass is 10.2. The molecule has 0 spiro atoms. The zero-order chi connectivity index (χ0) is 11.7. The number of likely N-dealkylation sites (N-methyl/N-ethyl adjacent to an activating group) is 1. The van der Waals surface area contributed by atoms with Crippen molar-refractivity contribution in [1.29, 1.82) is 0 Å². The summed E-state index contributed by atoms with van der Waals surface area (Å²) in [7, 11) is 3.59. The monoisotopic (exact) mass is 219 g/mol. The van der Waals surface area contributed by atoms with Crippen LogP contribution in [-0.4, -0.2) is 52.2 Å². The first kappa shape index (κ1) is 14.8. The molecule has 0 heterocycles. The van der Waals surface area contributed by atoms with Crippen LogP contribution in [0.1, 0.15) is 20.8 Å². The molecule has 0 saturated heterocycles. The van der Waals surface area contributed by atoms with Gasteiger partial charge in [-0.1, -0.05) is 0 Å². The fraction of sp³-hybridized carbons (Fsp3) is 1.00. The minimum Gasteiger partial charge on any atom is -0.383 e. The molecule has 0 aromatic heterocycles. The largest absolute Gasteiger partial charge is 0.383 e. The average Bonchev–Trinajstić information content (AvgIpc) is 2.14. The summed E-state index contributed by atoms with van der Waals surface area (Å²) in [5, 5.41) is 3.12. The van der Waals surface area contributed by atoms with Gasteiger partial charge in [-0.25, -0.2) is 0 Å². The van der Waals surface area contributed by atoms with E-state index in [2.05, 4.69) is 5.32 Å². The van der Waals surface area contributed by atoms with Crippen LogP contribution in [-0.2, 0) is 14.2 Å². The summed E-state index contributed by atoms with van der Waals surface area (Å²) in [6, 6.07) is 0.254. The standard InChI is InChI=1S/C11H25NO3/c1-11(2,3)15-7-6-14-9-10(12-4)8-13-5/h10,12H,6-9H2,1-5H3. The second-order valence-electron chi connectivity index (χ2n) is 4.48. The number of ether oxygens (including phenoxy) is 3. The Kier molecular flexibility index (Phi) is 7.96. The molecule has 0 aliphatic heterocycles. The molecule has 15 heavy (non-hydrogen) atoms. The highest BCUT2D eigenvalue weighted by Crippen LogP contribution is 2.05. The van der Waals surface area contributed by atoms with Crippen LogP contribution >= 0.6 is 0 Å². The topological polar surface area (TPSA) is 39.7 Å². The number of hydrogen-bond acceptors (Lipinski definition) is 4. The Morgan fingerprint density at radius 3 is 2.27 bits per heavy atom. The molecule has 1 atom stereocenters. The van der Waals surface area contributed by atoms with E-state index in [9.17, 15) is 0 Å². The Hall–Kier alpha value is -0.160. The molecule has 0 aliphatic carbocycles. The average molecular weight is 219 g/mol. The quantitative estimate of drug-likeness (QED) is 0.620. The van der Waals surface area contributed by atoms with Gasteiger partial charge in [0.05, 0.1) is 38.1 Å². The molecule has 92 valence electrons. The summed E-state index contributed by atoms with van der Waals surface area (Å²) in [5.41, 5.74) is -0.0850. The Labute approximate surface area is 93.3 Å². The number of hydrogen-bond donors (Lipinski definition) is 1. The molecule has 0 aliphatic rings. The predicted octanol–water partition coefficient (Wildman–Crippen LogP) is 1.05. The fourth-order valence-electron chi connectivity index (χ4n) is 1.05. The summed E-state index contributed by atoms with van der Waals surface area (Å²) in [5.74, 6) is 0. The zero-order valence-electron chi connectivity index (χ0n) is 10.6. The van der Waals surface area contributed by atoms with Crippen LogP contribution in [0.5, 0.6) is 0 Å². The molecule has 4 nitrogen and oxygen atoms in total. The van der Waals surface area contributed by atoms with Crippen LogP contribution in [0.25, 0.3) is 0 Å². The maximum atomic E-state index is 5.53. The summed E-state index contributed by atoms with van der Waals surface area (Å²) < 4.78 is 16.0. The summed E-state index contributed by atoms with van der Waals surface area (Å²) in [6.45, 7) is 8.68. The van der Waals surface area contributed by atoms with Crippen molar-refractivity contribution in [2.75, 3.05) is 40.6 Å². The lowest BCUT2D eigenvalue weighted by Gasteiger charge is -2.20. The van der Waals surface area contributed by atoms with E-state index in [1.807, 2.05) is 27.8 Å². The van der Waals surface area contributed by atoms with E-state index >= 15 is 0 Å². The van der Waals surface area contributed by atoms with Crippen molar-refractivity contribution in [2.45, 2.75) is 32.4 Å². The first-order valence-electron chi connectivity index (χ1n) is 5.37. The van der Waals surface area contributed by atoms with Crippen molar-refractivity contribution in [3.63, 3.8) is 0 Å². The molecular formula is C11H25NO3. The highest BCUT2D eigenvalue weighted by Gasteiger charge is 2.09. The van der Waals surface area contributed by atoms with Gasteiger partial charge in [-0.2, -0.15) is 0 Å². The molecule has 0 aromatic rings. The molecule has 0 amide bonds. The van der Waals surface area contributed by atoms with Crippen molar-refractivity contribution >= 4 is 0 Å². The molecule has 0 aromatic carbocycles. The maximum Gasteiger partial charge on any atom is 0.0707 e. The van der Waals surface area contributed by atoms with Gasteiger partial charge in [0, 0.05) is 7.11 Å². The van der Waals surface area contributed by atoms with Gasteiger partial charge in [0.25, 0.3) is 0 Å². The van der Waals surface area contributed by atoms with Crippen molar-refractivity contribution in [2.24, 2.45) is 0 Å². The van der Waals surface area contributed by atoms with Gasteiger partial charge in [-0.05, 0) is 27.8 Å². The van der Waals surface area contributed by atoms with E-state index in [-0.39, 0.29) is 11.6 Å². The normalized spacial score (nSPS) is 14.2. The van der Waals surface area contributed by atoms with Crippen LogP contribution in [0.15, 0.2) is 0 Å². The number of nitrogens with one attached hydrogen (secondary N) is 1. The van der Waals surface area contributed by atoms with E-state index in [0.717, 1.165) is 0 Å². The van der Waals surface area contributed by atoms with E-state index in [0.29, 0.717) is 26.4 Å². The fourth-order valence-corrected chi connectivity index (χ4v) is 1.05. The molecule has 0 radical (unpaired) electrons. The second-order valence-corrected chi connectivity index (χ2v) is 4.48. The second kappa shape index (κ2) is 8.05. The van der Waals surface area contributed by atoms with E-state index < -0.39 is 0 Å². The maximum absolute atomic E-state index is 5.53. The smallest absolute Gasteiger partial charge is 0.0707 e. The van der Waals surface area contributed by atoms with Gasteiger partial charge in [-0.15, -0.1) is 0 Å². The Bertz CT molecular complexity index is 145. The molecule has 4 heteroatoms. The van der Waals surface area contributed by atoms with Crippen molar-refractivity contribution in [1.82, 2.24) is 5.32 Å². The van der Waals surface area contributed by atoms with E-state index in [1.54, 1.807) is 7.11 Å². The zero-order valence-corrected chi connectivity index (χ0v) is 10.6. The Morgan fingerprint density at radius 2 is 1.80 bits per heavy atom. The van der Waals surface area contributed by atoms with Crippen LogP contribution in [0, 0.1) is 0 Å².